The fraction of sp³-hybridized carbons (Fsp3) is 0.333. The molecular weight excluding hydrogens is 320 g/mol. The number of carbonyl (C=O) groups is 1. The van der Waals surface area contributed by atoms with E-state index in [1.807, 2.05) is 0 Å². The van der Waals surface area contributed by atoms with Crippen molar-refractivity contribution in [1.29, 1.82) is 0 Å². The van der Waals surface area contributed by atoms with E-state index in [1.54, 1.807) is 6.07 Å². The Bertz CT molecular complexity index is 669. The van der Waals surface area contributed by atoms with Crippen LogP contribution in [-0.4, -0.2) is 30.3 Å². The van der Waals surface area contributed by atoms with Crippen LogP contribution in [0, 0.1) is 0 Å². The van der Waals surface area contributed by atoms with Crippen molar-refractivity contribution in [2.24, 2.45) is 5.73 Å². The van der Waals surface area contributed by atoms with Crippen LogP contribution in [0.5, 0.6) is 0 Å². The molecule has 1 aromatic rings. The van der Waals surface area contributed by atoms with Gasteiger partial charge in [-0.2, -0.15) is 0 Å². The monoisotopic (exact) mass is 334 g/mol. The van der Waals surface area contributed by atoms with E-state index in [1.165, 1.54) is 26.0 Å². The zero-order valence-electron chi connectivity index (χ0n) is 11.2. The van der Waals surface area contributed by atoms with Crippen molar-refractivity contribution >= 4 is 50.2 Å². The number of amides is 1. The first kappa shape index (κ1) is 16.9. The largest absolute Gasteiger partial charge is 0.389 e. The smallest absolute Gasteiger partial charge is 0.245 e. The van der Waals surface area contributed by atoms with Crippen molar-refractivity contribution in [3.8, 4) is 0 Å². The van der Waals surface area contributed by atoms with E-state index in [-0.39, 0.29) is 15.7 Å². The molecule has 0 aliphatic heterocycles. The molecule has 0 saturated heterocycles. The third-order valence-electron chi connectivity index (χ3n) is 2.97. The van der Waals surface area contributed by atoms with Gasteiger partial charge in [0.05, 0.1) is 10.7 Å². The molecule has 8 heteroatoms. The van der Waals surface area contributed by atoms with Crippen molar-refractivity contribution < 1.29 is 13.2 Å². The average molecular weight is 335 g/mol. The number of benzene rings is 1. The maximum absolute atomic E-state index is 12.1. The second kappa shape index (κ2) is 5.67. The summed E-state index contributed by atoms with van der Waals surface area (Å²) in [5.41, 5.74) is 6.29. The van der Waals surface area contributed by atoms with Crippen LogP contribution in [0.1, 0.15) is 19.4 Å². The van der Waals surface area contributed by atoms with Gasteiger partial charge in [0.25, 0.3) is 0 Å². The number of nitrogens with one attached hydrogen (secondary N) is 1. The van der Waals surface area contributed by atoms with Crippen LogP contribution >= 0.6 is 23.8 Å². The topological polar surface area (TPSA) is 89.3 Å². The van der Waals surface area contributed by atoms with Gasteiger partial charge in [-0.25, -0.2) is 8.42 Å². The SMILES string of the molecule is CC(C)(C(=O)Nc1cc(C(N)=S)ccc1Cl)S(C)(=O)=O. The Hall–Kier alpha value is -1.18. The maximum atomic E-state index is 12.1. The molecule has 20 heavy (non-hydrogen) atoms. The van der Waals surface area contributed by atoms with Gasteiger partial charge in [-0.05, 0) is 26.0 Å². The Balaban J connectivity index is 3.14. The van der Waals surface area contributed by atoms with E-state index < -0.39 is 20.5 Å². The molecule has 0 fully saturated rings. The second-order valence-electron chi connectivity index (χ2n) is 4.80. The third-order valence-corrected chi connectivity index (χ3v) is 5.58. The van der Waals surface area contributed by atoms with E-state index in [4.69, 9.17) is 29.6 Å². The first-order chi connectivity index (χ1) is 8.96. The van der Waals surface area contributed by atoms with Crippen molar-refractivity contribution in [2.75, 3.05) is 11.6 Å². The van der Waals surface area contributed by atoms with Gasteiger partial charge < -0.3 is 11.1 Å². The zero-order chi connectivity index (χ0) is 15.7. The van der Waals surface area contributed by atoms with E-state index in [0.717, 1.165) is 6.26 Å². The Morgan fingerprint density at radius 2 is 1.95 bits per heavy atom. The quantitative estimate of drug-likeness (QED) is 0.819. The molecule has 1 rings (SSSR count). The van der Waals surface area contributed by atoms with Crippen molar-refractivity contribution in [1.82, 2.24) is 0 Å². The van der Waals surface area contributed by atoms with Crippen LogP contribution in [0.25, 0.3) is 0 Å². The van der Waals surface area contributed by atoms with Crippen LogP contribution in [0.2, 0.25) is 5.02 Å². The van der Waals surface area contributed by atoms with Crippen LogP contribution in [0.4, 0.5) is 5.69 Å². The molecule has 0 bridgehead atoms. The number of sulfone groups is 1. The minimum atomic E-state index is -3.57. The van der Waals surface area contributed by atoms with E-state index in [0.29, 0.717) is 5.56 Å². The Labute approximate surface area is 128 Å². The summed E-state index contributed by atoms with van der Waals surface area (Å²) in [5.74, 6) is -0.679. The van der Waals surface area contributed by atoms with E-state index >= 15 is 0 Å². The lowest BCUT2D eigenvalue weighted by atomic mass is 10.1. The van der Waals surface area contributed by atoms with Crippen molar-refractivity contribution in [3.05, 3.63) is 28.8 Å². The highest BCUT2D eigenvalue weighted by atomic mass is 35.5. The summed E-state index contributed by atoms with van der Waals surface area (Å²) in [7, 11) is -3.57. The lowest BCUT2D eigenvalue weighted by Crippen LogP contribution is -2.43. The van der Waals surface area contributed by atoms with Crippen molar-refractivity contribution in [3.63, 3.8) is 0 Å². The molecule has 0 aromatic heterocycles. The van der Waals surface area contributed by atoms with Crippen LogP contribution in [0.3, 0.4) is 0 Å². The van der Waals surface area contributed by atoms with Crippen molar-refractivity contribution in [2.45, 2.75) is 18.6 Å². The Kier molecular flexibility index (Phi) is 4.78. The molecule has 110 valence electrons. The highest BCUT2D eigenvalue weighted by Crippen LogP contribution is 2.25. The Morgan fingerprint density at radius 1 is 1.40 bits per heavy atom. The number of carbonyl (C=O) groups excluding carboxylic acids is 1. The molecule has 0 aliphatic carbocycles. The summed E-state index contributed by atoms with van der Waals surface area (Å²) in [6, 6.07) is 4.64. The van der Waals surface area contributed by atoms with E-state index in [2.05, 4.69) is 5.32 Å². The lowest BCUT2D eigenvalue weighted by Gasteiger charge is -2.22. The third kappa shape index (κ3) is 3.47. The van der Waals surface area contributed by atoms with Gasteiger partial charge in [0.1, 0.15) is 9.74 Å². The highest BCUT2D eigenvalue weighted by molar-refractivity contribution is 7.92. The summed E-state index contributed by atoms with van der Waals surface area (Å²) in [6.45, 7) is 2.64. The van der Waals surface area contributed by atoms with Crippen LogP contribution in [0.15, 0.2) is 18.2 Å². The first-order valence-electron chi connectivity index (χ1n) is 5.57. The molecule has 0 radical (unpaired) electrons. The van der Waals surface area contributed by atoms with Gasteiger partial charge in [-0.3, -0.25) is 4.79 Å². The number of thiocarbonyl (C=S) groups is 1. The van der Waals surface area contributed by atoms with Gasteiger partial charge in [-0.1, -0.05) is 29.9 Å². The predicted molar refractivity (Wildman–Crippen MR) is 84.9 cm³/mol. The summed E-state index contributed by atoms with van der Waals surface area (Å²) >= 11 is 10.8. The summed E-state index contributed by atoms with van der Waals surface area (Å²) < 4.78 is 21.6. The number of nitrogens with two attached hydrogens (primary N) is 1. The fourth-order valence-corrected chi connectivity index (χ4v) is 1.90. The number of rotatable bonds is 4. The summed E-state index contributed by atoms with van der Waals surface area (Å²) in [6.07, 6.45) is 1.000. The fourth-order valence-electron chi connectivity index (χ4n) is 1.22. The molecule has 3 N–H and O–H groups in total. The lowest BCUT2D eigenvalue weighted by molar-refractivity contribution is -0.117. The molecule has 0 aliphatic rings. The molecule has 0 atom stereocenters. The van der Waals surface area contributed by atoms with Crippen LogP contribution in [-0.2, 0) is 14.6 Å². The molecular formula is C12H15ClN2O3S2. The molecule has 1 amide bonds. The van der Waals surface area contributed by atoms with Gasteiger partial charge >= 0.3 is 0 Å². The number of hydrogen-bond donors (Lipinski definition) is 2. The molecule has 5 nitrogen and oxygen atoms in total. The average Bonchev–Trinajstić information content (AvgIpc) is 2.29. The van der Waals surface area contributed by atoms with E-state index in [9.17, 15) is 13.2 Å². The number of hydrogen-bond acceptors (Lipinski definition) is 4. The summed E-state index contributed by atoms with van der Waals surface area (Å²) in [5, 5.41) is 2.75. The van der Waals surface area contributed by atoms with Gasteiger partial charge in [0.2, 0.25) is 5.91 Å². The molecule has 0 unspecified atom stereocenters. The van der Waals surface area contributed by atoms with Crippen LogP contribution < -0.4 is 11.1 Å². The first-order valence-corrected chi connectivity index (χ1v) is 8.25. The minimum Gasteiger partial charge on any atom is -0.389 e. The molecule has 0 saturated carbocycles. The minimum absolute atomic E-state index is 0.152. The number of anilines is 1. The second-order valence-corrected chi connectivity index (χ2v) is 8.21. The summed E-state index contributed by atoms with van der Waals surface area (Å²) in [4.78, 5) is 12.3. The van der Waals surface area contributed by atoms with Gasteiger partial charge in [0.15, 0.2) is 9.84 Å². The Morgan fingerprint density at radius 3 is 2.40 bits per heavy atom. The van der Waals surface area contributed by atoms with Gasteiger partial charge in [0, 0.05) is 11.8 Å². The van der Waals surface area contributed by atoms with Gasteiger partial charge in [-0.15, -0.1) is 0 Å². The predicted octanol–water partition coefficient (Wildman–Crippen LogP) is 1.74. The molecule has 1 aromatic carbocycles. The molecule has 0 heterocycles. The normalized spacial score (nSPS) is 12.0. The molecule has 0 spiro atoms. The maximum Gasteiger partial charge on any atom is 0.245 e. The standard InChI is InChI=1S/C12H15ClN2O3S2/c1-12(2,20(3,17)18)11(16)15-9-6-7(10(14)19)4-5-8(9)13/h4-6H,1-3H3,(H2,14,19)(H,15,16). The highest BCUT2D eigenvalue weighted by Gasteiger charge is 2.38. The zero-order valence-corrected chi connectivity index (χ0v) is 13.6. The number of halogens is 1.